The molecule has 0 aromatic rings. The van der Waals surface area contributed by atoms with Crippen molar-refractivity contribution in [1.82, 2.24) is 0 Å². The van der Waals surface area contributed by atoms with Crippen LogP contribution in [-0.4, -0.2) is 41.7 Å². The molecule has 140 valence electrons. The Kier molecular flexibility index (Phi) is 4.75. The van der Waals surface area contributed by atoms with Crippen LogP contribution in [0.2, 0.25) is 0 Å². The number of alkyl halides is 15. The lowest BCUT2D eigenvalue weighted by molar-refractivity contribution is -0.456. The lowest BCUT2D eigenvalue weighted by atomic mass is 9.86. The molecule has 0 unspecified atom stereocenters. The molecule has 0 saturated carbocycles. The second kappa shape index (κ2) is 4.97. The van der Waals surface area contributed by atoms with Gasteiger partial charge in [0.25, 0.3) is 0 Å². The predicted molar refractivity (Wildman–Crippen MR) is 41.4 cm³/mol. The minimum atomic E-state index is -8.32. The molecular weight excluding hydrogens is 381 g/mol. The highest BCUT2D eigenvalue weighted by atomic mass is 19.4. The number of hydrogen-bond acceptors (Lipinski definition) is 0. The predicted octanol–water partition coefficient (Wildman–Crippen LogP) is 5.38. The summed E-state index contributed by atoms with van der Waals surface area (Å²) in [6.45, 7) is -1.18. The normalized spacial score (nSPS) is 16.7. The van der Waals surface area contributed by atoms with Gasteiger partial charge in [-0.1, -0.05) is 0 Å². The molecule has 0 aromatic heterocycles. The molecule has 15 heteroatoms. The van der Waals surface area contributed by atoms with Gasteiger partial charge in [0.05, 0.1) is 0 Å². The van der Waals surface area contributed by atoms with Crippen molar-refractivity contribution in [3.8, 4) is 0 Å². The maximum Gasteiger partial charge on any atom is 0.438 e. The van der Waals surface area contributed by atoms with Crippen LogP contribution in [0.3, 0.4) is 0 Å². The van der Waals surface area contributed by atoms with Crippen molar-refractivity contribution >= 4 is 0 Å². The molecule has 0 nitrogen and oxygen atoms in total. The first-order valence-corrected chi connectivity index (χ1v) is 4.83. The smallest absolute Gasteiger partial charge is 0.216 e. The molecule has 0 amide bonds. The molecule has 0 radical (unpaired) electrons. The Morgan fingerprint density at radius 1 is 0.391 bits per heavy atom. The number of rotatable bonds is 4. The summed E-state index contributed by atoms with van der Waals surface area (Å²) >= 11 is 0. The molecule has 0 heterocycles. The van der Waals surface area contributed by atoms with Crippen LogP contribution in [0, 0.1) is 0 Å². The van der Waals surface area contributed by atoms with E-state index in [9.17, 15) is 65.9 Å². The molecule has 0 aliphatic carbocycles. The highest BCUT2D eigenvalue weighted by Crippen LogP contribution is 2.63. The Labute approximate surface area is 116 Å². The van der Waals surface area contributed by atoms with Gasteiger partial charge in [-0.05, 0) is 0 Å². The second-order valence-electron chi connectivity index (χ2n) is 4.27. The average molecular weight is 384 g/mol. The highest BCUT2D eigenvalue weighted by molar-refractivity contribution is 5.15. The summed E-state index contributed by atoms with van der Waals surface area (Å²) in [7, 11) is 0. The highest BCUT2D eigenvalue weighted by Gasteiger charge is 2.95. The van der Waals surface area contributed by atoms with Crippen LogP contribution in [-0.2, 0) is 0 Å². The summed E-state index contributed by atoms with van der Waals surface area (Å²) in [6, 6.07) is 0. The Balaban J connectivity index is 6.65. The van der Waals surface area contributed by atoms with Crippen LogP contribution < -0.4 is 0 Å². The van der Waals surface area contributed by atoms with Crippen molar-refractivity contribution < 1.29 is 65.9 Å². The molecule has 0 spiro atoms. The lowest BCUT2D eigenvalue weighted by Crippen LogP contribution is -2.75. The van der Waals surface area contributed by atoms with Crippen molar-refractivity contribution in [2.75, 3.05) is 0 Å². The van der Waals surface area contributed by atoms with E-state index in [4.69, 9.17) is 0 Å². The molecule has 0 saturated heterocycles. The molecule has 0 aliphatic rings. The Bertz CT molecular complexity index is 418. The van der Waals surface area contributed by atoms with E-state index >= 15 is 0 Å². The number of halogens is 15. The van der Waals surface area contributed by atoms with Gasteiger partial charge in [0.2, 0.25) is 0 Å². The first-order valence-electron chi connectivity index (χ1n) is 4.83. The zero-order chi connectivity index (χ0) is 19.5. The van der Waals surface area contributed by atoms with Gasteiger partial charge in [0, 0.05) is 6.92 Å². The molecule has 0 bridgehead atoms. The molecule has 0 aliphatic heterocycles. The largest absolute Gasteiger partial charge is 0.438 e. The van der Waals surface area contributed by atoms with Gasteiger partial charge in [-0.25, -0.2) is 4.39 Å². The summed E-state index contributed by atoms with van der Waals surface area (Å²) in [4.78, 5) is 0. The van der Waals surface area contributed by atoms with Gasteiger partial charge >= 0.3 is 41.7 Å². The zero-order valence-corrected chi connectivity index (χ0v) is 10.2. The summed E-state index contributed by atoms with van der Waals surface area (Å²) in [5.41, 5.74) is -8.22. The zero-order valence-electron chi connectivity index (χ0n) is 10.2. The van der Waals surface area contributed by atoms with Crippen molar-refractivity contribution in [2.24, 2.45) is 0 Å². The Hall–Kier alpha value is -1.05. The third-order valence-corrected chi connectivity index (χ3v) is 2.55. The van der Waals surface area contributed by atoms with E-state index in [2.05, 4.69) is 0 Å². The summed E-state index contributed by atoms with van der Waals surface area (Å²) in [5.74, 6) is -30.0. The van der Waals surface area contributed by atoms with E-state index in [1.54, 1.807) is 0 Å². The minimum absolute atomic E-state index is 1.18. The van der Waals surface area contributed by atoms with E-state index in [1.807, 2.05) is 0 Å². The Morgan fingerprint density at radius 2 is 0.652 bits per heavy atom. The molecule has 0 aromatic carbocycles. The molecule has 0 fully saturated rings. The van der Waals surface area contributed by atoms with Gasteiger partial charge in [-0.2, -0.15) is 61.5 Å². The minimum Gasteiger partial charge on any atom is -0.216 e. The molecule has 0 N–H and O–H groups in total. The Morgan fingerprint density at radius 3 is 0.826 bits per heavy atom. The van der Waals surface area contributed by atoms with E-state index < -0.39 is 48.6 Å². The fourth-order valence-electron chi connectivity index (χ4n) is 1.21. The van der Waals surface area contributed by atoms with E-state index in [1.165, 1.54) is 0 Å². The maximum atomic E-state index is 12.9. The second-order valence-corrected chi connectivity index (χ2v) is 4.27. The average Bonchev–Trinajstić information content (AvgIpc) is 2.22. The lowest BCUT2D eigenvalue weighted by Gasteiger charge is -2.42. The number of hydrogen-bond donors (Lipinski definition) is 0. The fourth-order valence-corrected chi connectivity index (χ4v) is 1.21. The quantitative estimate of drug-likeness (QED) is 0.571. The first-order chi connectivity index (χ1) is 9.50. The van der Waals surface area contributed by atoms with E-state index in [-0.39, 0.29) is 0 Å². The van der Waals surface area contributed by atoms with Crippen LogP contribution >= 0.6 is 0 Å². The van der Waals surface area contributed by atoms with Gasteiger partial charge < -0.3 is 0 Å². The standard InChI is InChI=1S/C8H3F15/c1-2(9,10)4(12,13)6(16,17)5(14,15)3(11,7(18,19)20)8(21,22)23/h1H3. The topological polar surface area (TPSA) is 0 Å². The van der Waals surface area contributed by atoms with Crippen LogP contribution in [0.4, 0.5) is 65.9 Å². The van der Waals surface area contributed by atoms with E-state index in [0.717, 1.165) is 0 Å². The van der Waals surface area contributed by atoms with Crippen molar-refractivity contribution in [1.29, 1.82) is 0 Å². The van der Waals surface area contributed by atoms with Crippen LogP contribution in [0.25, 0.3) is 0 Å². The molecule has 0 atom stereocenters. The molecular formula is C8H3F15. The maximum absolute atomic E-state index is 12.9. The monoisotopic (exact) mass is 384 g/mol. The summed E-state index contributed by atoms with van der Waals surface area (Å²) in [5, 5.41) is 0. The van der Waals surface area contributed by atoms with Gasteiger partial charge in [-0.15, -0.1) is 0 Å². The van der Waals surface area contributed by atoms with E-state index in [0.29, 0.717) is 0 Å². The van der Waals surface area contributed by atoms with Gasteiger partial charge in [-0.3, -0.25) is 0 Å². The summed E-state index contributed by atoms with van der Waals surface area (Å²) < 4.78 is 186. The molecule has 0 rings (SSSR count). The van der Waals surface area contributed by atoms with Crippen LogP contribution in [0.15, 0.2) is 0 Å². The van der Waals surface area contributed by atoms with Crippen molar-refractivity contribution in [2.45, 2.75) is 48.6 Å². The van der Waals surface area contributed by atoms with Gasteiger partial charge in [0.15, 0.2) is 0 Å². The van der Waals surface area contributed by atoms with Crippen LogP contribution in [0.1, 0.15) is 6.92 Å². The first kappa shape index (κ1) is 21.9. The third kappa shape index (κ3) is 2.68. The SMILES string of the molecule is CC(F)(F)C(F)(F)C(F)(F)C(F)(F)C(F)(C(F)(F)F)C(F)(F)F. The third-order valence-electron chi connectivity index (χ3n) is 2.55. The van der Waals surface area contributed by atoms with Crippen molar-refractivity contribution in [3.63, 3.8) is 0 Å². The van der Waals surface area contributed by atoms with Gasteiger partial charge in [0.1, 0.15) is 0 Å². The summed E-state index contributed by atoms with van der Waals surface area (Å²) in [6.07, 6.45) is -15.8. The fraction of sp³-hybridized carbons (Fsp3) is 1.00. The molecule has 23 heavy (non-hydrogen) atoms. The van der Waals surface area contributed by atoms with Crippen molar-refractivity contribution in [3.05, 3.63) is 0 Å². The van der Waals surface area contributed by atoms with Crippen LogP contribution in [0.5, 0.6) is 0 Å².